The Hall–Kier alpha value is -1.83. The monoisotopic (exact) mass is 275 g/mol. The summed E-state index contributed by atoms with van der Waals surface area (Å²) >= 11 is 0. The molecule has 0 saturated heterocycles. The molecule has 0 heterocycles. The summed E-state index contributed by atoms with van der Waals surface area (Å²) in [4.78, 5) is 14.0. The number of aliphatic hydroxyl groups is 2. The number of carbonyl (C=O) groups is 1. The zero-order chi connectivity index (χ0) is 15.0. The van der Waals surface area contributed by atoms with E-state index in [1.807, 2.05) is 26.0 Å². The van der Waals surface area contributed by atoms with Crippen molar-refractivity contribution in [3.8, 4) is 11.8 Å². The van der Waals surface area contributed by atoms with Crippen molar-refractivity contribution in [2.45, 2.75) is 20.3 Å². The Morgan fingerprint density at radius 3 is 2.65 bits per heavy atom. The van der Waals surface area contributed by atoms with E-state index in [0.29, 0.717) is 30.6 Å². The molecule has 1 rings (SSSR count). The minimum atomic E-state index is -0.130. The van der Waals surface area contributed by atoms with Crippen molar-refractivity contribution in [1.29, 1.82) is 0 Å². The van der Waals surface area contributed by atoms with Gasteiger partial charge in [0, 0.05) is 25.1 Å². The van der Waals surface area contributed by atoms with Gasteiger partial charge >= 0.3 is 0 Å². The molecule has 108 valence electrons. The second-order valence-electron chi connectivity index (χ2n) is 4.43. The van der Waals surface area contributed by atoms with Gasteiger partial charge in [-0.05, 0) is 31.5 Å². The van der Waals surface area contributed by atoms with Gasteiger partial charge in [0.05, 0.1) is 18.8 Å². The van der Waals surface area contributed by atoms with Gasteiger partial charge in [0.25, 0.3) is 5.91 Å². The molecule has 4 heteroatoms. The van der Waals surface area contributed by atoms with Gasteiger partial charge in [-0.25, -0.2) is 0 Å². The van der Waals surface area contributed by atoms with Gasteiger partial charge in [0.2, 0.25) is 0 Å². The number of hydrogen-bond acceptors (Lipinski definition) is 3. The van der Waals surface area contributed by atoms with E-state index in [1.54, 1.807) is 11.0 Å². The summed E-state index contributed by atoms with van der Waals surface area (Å²) in [6, 6.07) is 5.50. The molecule has 0 fully saturated rings. The minimum Gasteiger partial charge on any atom is -0.395 e. The fraction of sp³-hybridized carbons (Fsp3) is 0.438. The summed E-state index contributed by atoms with van der Waals surface area (Å²) in [5, 5.41) is 17.8. The van der Waals surface area contributed by atoms with Crippen molar-refractivity contribution in [2.75, 3.05) is 26.3 Å². The van der Waals surface area contributed by atoms with Crippen molar-refractivity contribution in [3.63, 3.8) is 0 Å². The standard InChI is InChI=1S/C16H21NO3/c1-3-17(9-11-19)16(20)15-8-7-13(2)12-14(15)6-4-5-10-18/h7-8,12,18-19H,3,5,9-11H2,1-2H3. The molecule has 0 aromatic heterocycles. The van der Waals surface area contributed by atoms with Gasteiger partial charge in [-0.1, -0.05) is 17.9 Å². The van der Waals surface area contributed by atoms with Crippen molar-refractivity contribution in [1.82, 2.24) is 4.90 Å². The number of carbonyl (C=O) groups excluding carboxylic acids is 1. The number of aliphatic hydroxyl groups excluding tert-OH is 2. The fourth-order valence-electron chi connectivity index (χ4n) is 1.86. The summed E-state index contributed by atoms with van der Waals surface area (Å²) in [6.07, 6.45) is 0.385. The highest BCUT2D eigenvalue weighted by Crippen LogP contribution is 2.13. The zero-order valence-corrected chi connectivity index (χ0v) is 12.0. The third-order valence-corrected chi connectivity index (χ3v) is 2.90. The molecule has 1 aromatic rings. The number of hydrogen-bond donors (Lipinski definition) is 2. The quantitative estimate of drug-likeness (QED) is 0.793. The van der Waals surface area contributed by atoms with E-state index in [4.69, 9.17) is 10.2 Å². The number of likely N-dealkylation sites (N-methyl/N-ethyl adjacent to an activating group) is 1. The lowest BCUT2D eigenvalue weighted by Crippen LogP contribution is -2.33. The molecule has 0 aliphatic rings. The van der Waals surface area contributed by atoms with E-state index in [-0.39, 0.29) is 19.1 Å². The summed E-state index contributed by atoms with van der Waals surface area (Å²) in [5.74, 6) is 5.65. The van der Waals surface area contributed by atoms with Gasteiger partial charge < -0.3 is 15.1 Å². The SMILES string of the molecule is CCN(CCO)C(=O)c1ccc(C)cc1C#CCCO. The number of aryl methyl sites for hydroxylation is 1. The second kappa shape index (κ2) is 8.36. The fourth-order valence-corrected chi connectivity index (χ4v) is 1.86. The van der Waals surface area contributed by atoms with Crippen molar-refractivity contribution in [2.24, 2.45) is 0 Å². The van der Waals surface area contributed by atoms with Crippen LogP contribution in [-0.2, 0) is 0 Å². The number of rotatable bonds is 5. The molecule has 4 nitrogen and oxygen atoms in total. The van der Waals surface area contributed by atoms with Crippen LogP contribution in [0.5, 0.6) is 0 Å². The zero-order valence-electron chi connectivity index (χ0n) is 12.0. The third-order valence-electron chi connectivity index (χ3n) is 2.90. The van der Waals surface area contributed by atoms with Crippen LogP contribution in [0.2, 0.25) is 0 Å². The topological polar surface area (TPSA) is 60.8 Å². The first-order valence-electron chi connectivity index (χ1n) is 6.74. The molecular weight excluding hydrogens is 254 g/mol. The van der Waals surface area contributed by atoms with Crippen molar-refractivity contribution < 1.29 is 15.0 Å². The average Bonchev–Trinajstić information content (AvgIpc) is 2.44. The van der Waals surface area contributed by atoms with Crippen LogP contribution < -0.4 is 0 Å². The van der Waals surface area contributed by atoms with Crippen LogP contribution >= 0.6 is 0 Å². The first-order chi connectivity index (χ1) is 9.63. The predicted octanol–water partition coefficient (Wildman–Crippen LogP) is 1.18. The molecule has 0 spiro atoms. The van der Waals surface area contributed by atoms with E-state index in [9.17, 15) is 4.79 Å². The summed E-state index contributed by atoms with van der Waals surface area (Å²) in [5.41, 5.74) is 2.23. The van der Waals surface area contributed by atoms with Crippen LogP contribution in [0.1, 0.15) is 34.8 Å². The highest BCUT2D eigenvalue weighted by Gasteiger charge is 2.16. The summed E-state index contributed by atoms with van der Waals surface area (Å²) in [7, 11) is 0. The molecule has 2 N–H and O–H groups in total. The molecule has 0 saturated carbocycles. The Balaban J connectivity index is 3.10. The van der Waals surface area contributed by atoms with Crippen molar-refractivity contribution >= 4 is 5.91 Å². The maximum Gasteiger partial charge on any atom is 0.255 e. The molecule has 0 atom stereocenters. The molecule has 0 aliphatic carbocycles. The highest BCUT2D eigenvalue weighted by molar-refractivity contribution is 5.96. The van der Waals surface area contributed by atoms with E-state index < -0.39 is 0 Å². The molecule has 0 bridgehead atoms. The predicted molar refractivity (Wildman–Crippen MR) is 78.4 cm³/mol. The molecule has 1 amide bonds. The normalized spacial score (nSPS) is 9.80. The number of benzene rings is 1. The largest absolute Gasteiger partial charge is 0.395 e. The Labute approximate surface area is 120 Å². The van der Waals surface area contributed by atoms with Gasteiger partial charge in [0.15, 0.2) is 0 Å². The van der Waals surface area contributed by atoms with Gasteiger partial charge in [-0.15, -0.1) is 0 Å². The Kier molecular flexibility index (Phi) is 6.78. The van der Waals surface area contributed by atoms with E-state index >= 15 is 0 Å². The molecule has 0 unspecified atom stereocenters. The van der Waals surface area contributed by atoms with E-state index in [0.717, 1.165) is 5.56 Å². The van der Waals surface area contributed by atoms with Crippen LogP contribution in [-0.4, -0.2) is 47.3 Å². The molecule has 0 radical (unpaired) electrons. The first kappa shape index (κ1) is 16.2. The van der Waals surface area contributed by atoms with Crippen LogP contribution in [0.4, 0.5) is 0 Å². The van der Waals surface area contributed by atoms with Crippen LogP contribution in [0, 0.1) is 18.8 Å². The maximum absolute atomic E-state index is 12.4. The highest BCUT2D eigenvalue weighted by atomic mass is 16.3. The molecule has 0 aliphatic heterocycles. The average molecular weight is 275 g/mol. The second-order valence-corrected chi connectivity index (χ2v) is 4.43. The van der Waals surface area contributed by atoms with Crippen molar-refractivity contribution in [3.05, 3.63) is 34.9 Å². The smallest absolute Gasteiger partial charge is 0.255 e. The van der Waals surface area contributed by atoms with Gasteiger partial charge in [-0.2, -0.15) is 0 Å². The Morgan fingerprint density at radius 1 is 1.30 bits per heavy atom. The summed E-state index contributed by atoms with van der Waals surface area (Å²) in [6.45, 7) is 4.61. The lowest BCUT2D eigenvalue weighted by Gasteiger charge is -2.20. The Bertz CT molecular complexity index is 514. The van der Waals surface area contributed by atoms with E-state index in [2.05, 4.69) is 11.8 Å². The number of amides is 1. The Morgan fingerprint density at radius 2 is 2.05 bits per heavy atom. The molecule has 1 aromatic carbocycles. The van der Waals surface area contributed by atoms with E-state index in [1.165, 1.54) is 0 Å². The van der Waals surface area contributed by atoms with Gasteiger partial charge in [-0.3, -0.25) is 4.79 Å². The molecular formula is C16H21NO3. The first-order valence-corrected chi connectivity index (χ1v) is 6.74. The lowest BCUT2D eigenvalue weighted by atomic mass is 10.0. The third kappa shape index (κ3) is 4.37. The molecule has 20 heavy (non-hydrogen) atoms. The van der Waals surface area contributed by atoms with Crippen LogP contribution in [0.15, 0.2) is 18.2 Å². The van der Waals surface area contributed by atoms with Gasteiger partial charge in [0.1, 0.15) is 0 Å². The minimum absolute atomic E-state index is 0.00763. The summed E-state index contributed by atoms with van der Waals surface area (Å²) < 4.78 is 0. The lowest BCUT2D eigenvalue weighted by molar-refractivity contribution is 0.0731. The van der Waals surface area contributed by atoms with Crippen LogP contribution in [0.25, 0.3) is 0 Å². The number of nitrogens with zero attached hydrogens (tertiary/aromatic N) is 1. The van der Waals surface area contributed by atoms with Crippen LogP contribution in [0.3, 0.4) is 0 Å². The maximum atomic E-state index is 12.4.